The van der Waals surface area contributed by atoms with Crippen LogP contribution in [0.2, 0.25) is 10.0 Å². The fourth-order valence-corrected chi connectivity index (χ4v) is 6.06. The van der Waals surface area contributed by atoms with Crippen LogP contribution in [0.5, 0.6) is 5.75 Å². The van der Waals surface area contributed by atoms with E-state index in [4.69, 9.17) is 32.5 Å². The normalized spacial score (nSPS) is 16.5. The molecule has 0 amide bonds. The summed E-state index contributed by atoms with van der Waals surface area (Å²) >= 11 is 13.0. The Morgan fingerprint density at radius 1 is 1.12 bits per heavy atom. The molecule has 2 aliphatic rings. The van der Waals surface area contributed by atoms with E-state index in [1.807, 2.05) is 25.1 Å². The topological polar surface area (TPSA) is 95.4 Å². The van der Waals surface area contributed by atoms with E-state index in [0.29, 0.717) is 64.5 Å². The number of hydrogen-bond acceptors (Lipinski definition) is 7. The molecule has 0 unspecified atom stereocenters. The number of benzene rings is 2. The smallest absolute Gasteiger partial charge is 0.147 e. The van der Waals surface area contributed by atoms with Crippen molar-refractivity contribution in [2.75, 3.05) is 18.0 Å². The summed E-state index contributed by atoms with van der Waals surface area (Å²) in [6, 6.07) is 16.8. The number of nitrogens with zero attached hydrogens (tertiary/aromatic N) is 4. The highest BCUT2D eigenvalue weighted by Gasteiger charge is 2.36. The molecule has 7 nitrogen and oxygen atoms in total. The minimum Gasteiger partial charge on any atom is -0.489 e. The fraction of sp³-hybridized carbons (Fsp3) is 0.323. The number of rotatable bonds is 7. The second-order valence-electron chi connectivity index (χ2n) is 10.5. The van der Waals surface area contributed by atoms with Crippen molar-refractivity contribution in [3.05, 3.63) is 92.8 Å². The zero-order valence-corrected chi connectivity index (χ0v) is 23.5. The third-order valence-corrected chi connectivity index (χ3v) is 8.47. The van der Waals surface area contributed by atoms with Crippen molar-refractivity contribution in [1.82, 2.24) is 10.1 Å². The summed E-state index contributed by atoms with van der Waals surface area (Å²) in [5.41, 5.74) is 3.60. The molecule has 0 bridgehead atoms. The lowest BCUT2D eigenvalue weighted by molar-refractivity contribution is 0.0110. The Balaban J connectivity index is 1.18. The molecule has 1 N–H and O–H groups in total. The van der Waals surface area contributed by atoms with Gasteiger partial charge >= 0.3 is 0 Å². The zero-order valence-electron chi connectivity index (χ0n) is 22.0. The second-order valence-corrected chi connectivity index (χ2v) is 11.4. The van der Waals surface area contributed by atoms with E-state index in [0.717, 1.165) is 41.1 Å². The average Bonchev–Trinajstić information content (AvgIpc) is 3.72. The third-order valence-electron chi connectivity index (χ3n) is 7.84. The molecular weight excluding hydrogens is 547 g/mol. The van der Waals surface area contributed by atoms with Crippen molar-refractivity contribution in [2.24, 2.45) is 0 Å². The molecule has 40 heavy (non-hydrogen) atoms. The molecule has 1 aliphatic carbocycles. The Hall–Kier alpha value is -3.57. The summed E-state index contributed by atoms with van der Waals surface area (Å²) in [5.74, 6) is 2.62. The van der Waals surface area contributed by atoms with Crippen LogP contribution in [0.15, 0.2) is 59.3 Å². The molecule has 9 heteroatoms. The van der Waals surface area contributed by atoms with Crippen LogP contribution >= 0.6 is 23.2 Å². The van der Waals surface area contributed by atoms with E-state index in [2.05, 4.69) is 21.1 Å². The van der Waals surface area contributed by atoms with E-state index in [1.165, 1.54) is 0 Å². The van der Waals surface area contributed by atoms with Crippen LogP contribution in [0, 0.1) is 18.3 Å². The molecule has 4 aromatic rings. The first kappa shape index (κ1) is 26.6. The minimum atomic E-state index is -0.951. The molecular formula is C31H28Cl2N4O3. The number of aryl methyl sites for hydroxylation is 1. The number of piperidine rings is 1. The van der Waals surface area contributed by atoms with Crippen molar-refractivity contribution in [3.63, 3.8) is 0 Å². The first-order chi connectivity index (χ1) is 19.4. The van der Waals surface area contributed by atoms with Gasteiger partial charge in [0.15, 0.2) is 0 Å². The van der Waals surface area contributed by atoms with Crippen molar-refractivity contribution in [1.29, 1.82) is 5.26 Å². The van der Waals surface area contributed by atoms with Crippen molar-refractivity contribution >= 4 is 29.0 Å². The van der Waals surface area contributed by atoms with Gasteiger partial charge in [-0.25, -0.2) is 4.98 Å². The van der Waals surface area contributed by atoms with Gasteiger partial charge in [-0.1, -0.05) is 40.5 Å². The standard InChI is InChI=1S/C31H28Cl2N4O3/c1-19-15-22(7-8-24(19)31(38)10-13-37(14-11-31)27-16-20(17-34)9-12-35-27)39-18-23-29(36-40-30(23)21-5-6-21)28-25(32)3-2-4-26(28)33/h2-4,7-9,12,15-16,21,38H,5-6,10-11,13-14,18H2,1H3. The van der Waals surface area contributed by atoms with Crippen molar-refractivity contribution in [2.45, 2.75) is 50.7 Å². The molecule has 0 atom stereocenters. The molecule has 6 rings (SSSR count). The summed E-state index contributed by atoms with van der Waals surface area (Å²) in [5, 5.41) is 26.2. The summed E-state index contributed by atoms with van der Waals surface area (Å²) in [4.78, 5) is 6.52. The van der Waals surface area contributed by atoms with E-state index < -0.39 is 5.60 Å². The summed E-state index contributed by atoms with van der Waals surface area (Å²) in [6.07, 6.45) is 4.87. The molecule has 2 fully saturated rings. The first-order valence-corrected chi connectivity index (χ1v) is 14.1. The molecule has 2 aromatic carbocycles. The average molecular weight is 575 g/mol. The monoisotopic (exact) mass is 574 g/mol. The van der Waals surface area contributed by atoms with Gasteiger partial charge in [0, 0.05) is 30.8 Å². The number of anilines is 1. The highest BCUT2D eigenvalue weighted by Crippen LogP contribution is 2.46. The number of hydrogen-bond donors (Lipinski definition) is 1. The van der Waals surface area contributed by atoms with Crippen molar-refractivity contribution in [3.8, 4) is 23.1 Å². The van der Waals surface area contributed by atoms with Gasteiger partial charge in [0.05, 0.1) is 32.8 Å². The first-order valence-electron chi connectivity index (χ1n) is 13.4. The lowest BCUT2D eigenvalue weighted by Gasteiger charge is -2.39. The number of aliphatic hydroxyl groups is 1. The van der Waals surface area contributed by atoms with E-state index in [-0.39, 0.29) is 6.61 Å². The fourth-order valence-electron chi connectivity index (χ4n) is 5.49. The SMILES string of the molecule is Cc1cc(OCc2c(-c3c(Cl)cccc3Cl)noc2C2CC2)ccc1C1(O)CCN(c2cc(C#N)ccn2)CC1. The second kappa shape index (κ2) is 10.8. The van der Waals surface area contributed by atoms with Crippen LogP contribution in [-0.2, 0) is 12.2 Å². The maximum Gasteiger partial charge on any atom is 0.147 e. The van der Waals surface area contributed by atoms with Crippen LogP contribution in [0.3, 0.4) is 0 Å². The van der Waals surface area contributed by atoms with Gasteiger partial charge in [0.2, 0.25) is 0 Å². The van der Waals surface area contributed by atoms with E-state index >= 15 is 0 Å². The predicted octanol–water partition coefficient (Wildman–Crippen LogP) is 7.17. The largest absolute Gasteiger partial charge is 0.489 e. The Kier molecular flexibility index (Phi) is 7.18. The molecule has 204 valence electrons. The summed E-state index contributed by atoms with van der Waals surface area (Å²) < 4.78 is 12.0. The van der Waals surface area contributed by atoms with Gasteiger partial charge < -0.3 is 19.3 Å². The molecule has 2 aromatic heterocycles. The number of nitriles is 1. The molecule has 1 saturated heterocycles. The molecule has 1 aliphatic heterocycles. The van der Waals surface area contributed by atoms with E-state index in [9.17, 15) is 10.4 Å². The quantitative estimate of drug-likeness (QED) is 0.250. The predicted molar refractivity (Wildman–Crippen MR) is 154 cm³/mol. The van der Waals surface area contributed by atoms with Gasteiger partial charge in [0.25, 0.3) is 0 Å². The molecule has 3 heterocycles. The Morgan fingerprint density at radius 2 is 1.88 bits per heavy atom. The van der Waals surface area contributed by atoms with Crippen molar-refractivity contribution < 1.29 is 14.4 Å². The van der Waals surface area contributed by atoms with E-state index in [1.54, 1.807) is 36.5 Å². The highest BCUT2D eigenvalue weighted by molar-refractivity contribution is 6.39. The van der Waals surface area contributed by atoms with Gasteiger partial charge in [-0.3, -0.25) is 0 Å². The maximum absolute atomic E-state index is 11.6. The third kappa shape index (κ3) is 5.15. The lowest BCUT2D eigenvalue weighted by Crippen LogP contribution is -2.43. The van der Waals surface area contributed by atoms with Gasteiger partial charge in [-0.2, -0.15) is 5.26 Å². The number of halogens is 2. The maximum atomic E-state index is 11.6. The van der Waals surface area contributed by atoms with Crippen LogP contribution in [-0.4, -0.2) is 28.3 Å². The number of aromatic nitrogens is 2. The zero-order chi connectivity index (χ0) is 27.9. The molecule has 1 saturated carbocycles. The molecule has 0 radical (unpaired) electrons. The number of pyridine rings is 1. The Morgan fingerprint density at radius 3 is 2.55 bits per heavy atom. The molecule has 0 spiro atoms. The summed E-state index contributed by atoms with van der Waals surface area (Å²) in [6.45, 7) is 3.54. The van der Waals surface area contributed by atoms with Crippen LogP contribution in [0.4, 0.5) is 5.82 Å². The van der Waals surface area contributed by atoms with Crippen LogP contribution in [0.1, 0.15) is 59.6 Å². The highest BCUT2D eigenvalue weighted by atomic mass is 35.5. The van der Waals surface area contributed by atoms with Gasteiger partial charge in [0.1, 0.15) is 29.6 Å². The van der Waals surface area contributed by atoms with Crippen LogP contribution < -0.4 is 9.64 Å². The van der Waals surface area contributed by atoms with Crippen LogP contribution in [0.25, 0.3) is 11.3 Å². The number of ether oxygens (including phenoxy) is 1. The van der Waals surface area contributed by atoms with Gasteiger partial charge in [-0.15, -0.1) is 0 Å². The Bertz CT molecular complexity index is 1580. The lowest BCUT2D eigenvalue weighted by atomic mass is 9.82. The minimum absolute atomic E-state index is 0.263. The summed E-state index contributed by atoms with van der Waals surface area (Å²) in [7, 11) is 0. The van der Waals surface area contributed by atoms with Gasteiger partial charge in [-0.05, 0) is 80.1 Å². The Labute approximate surface area is 242 Å².